The van der Waals surface area contributed by atoms with Crippen molar-refractivity contribution in [1.82, 2.24) is 9.97 Å². The molecule has 0 bridgehead atoms. The van der Waals surface area contributed by atoms with Gasteiger partial charge in [-0.3, -0.25) is 0 Å². The van der Waals surface area contributed by atoms with Crippen LogP contribution in [0.4, 0.5) is 0 Å². The van der Waals surface area contributed by atoms with E-state index in [4.69, 9.17) is 0 Å². The van der Waals surface area contributed by atoms with Crippen LogP contribution in [0.1, 0.15) is 34.3 Å². The average molecular weight is 367 g/mol. The summed E-state index contributed by atoms with van der Waals surface area (Å²) in [5.41, 5.74) is 6.33. The Morgan fingerprint density at radius 1 is 0.630 bits per heavy atom. The normalized spacial score (nSPS) is 12.7. The summed E-state index contributed by atoms with van der Waals surface area (Å²) in [7, 11) is 13.3. The Kier molecular flexibility index (Phi) is 5.31. The van der Waals surface area contributed by atoms with Gasteiger partial charge in [-0.1, -0.05) is 30.3 Å². The van der Waals surface area contributed by atoms with Crippen LogP contribution in [0.3, 0.4) is 0 Å². The summed E-state index contributed by atoms with van der Waals surface area (Å²) in [6.07, 6.45) is 0. The summed E-state index contributed by atoms with van der Waals surface area (Å²) in [6.45, 7) is 1.97. The fourth-order valence-electron chi connectivity index (χ4n) is 3.63. The molecule has 0 aliphatic rings. The van der Waals surface area contributed by atoms with Crippen molar-refractivity contribution in [1.29, 1.82) is 0 Å². The topological polar surface area (TPSA) is 31.6 Å². The van der Waals surface area contributed by atoms with E-state index in [2.05, 4.69) is 107 Å². The molecule has 144 valence electrons. The summed E-state index contributed by atoms with van der Waals surface area (Å²) in [4.78, 5) is 7.37. The van der Waals surface area contributed by atoms with Gasteiger partial charge in [0.25, 0.3) is 0 Å². The third kappa shape index (κ3) is 5.34. The van der Waals surface area contributed by atoms with Gasteiger partial charge in [0.2, 0.25) is 0 Å². The molecule has 3 aromatic rings. The first-order valence-electron chi connectivity index (χ1n) is 9.62. The van der Waals surface area contributed by atoms with Crippen molar-refractivity contribution in [3.8, 4) is 0 Å². The number of rotatable bonds is 7. The Labute approximate surface area is 163 Å². The number of aromatic amines is 2. The molecule has 1 aromatic carbocycles. The van der Waals surface area contributed by atoms with Crippen molar-refractivity contribution in [2.45, 2.75) is 19.0 Å². The summed E-state index contributed by atoms with van der Waals surface area (Å²) >= 11 is 0. The van der Waals surface area contributed by atoms with Crippen molar-refractivity contribution < 1.29 is 8.97 Å². The molecule has 4 heteroatoms. The fraction of sp³-hybridized carbons (Fsp3) is 0.391. The number of benzene rings is 1. The number of aromatic nitrogens is 2. The molecule has 0 fully saturated rings. The maximum Gasteiger partial charge on any atom is 0.119 e. The van der Waals surface area contributed by atoms with Crippen molar-refractivity contribution in [3.63, 3.8) is 0 Å². The summed E-state index contributed by atoms with van der Waals surface area (Å²) < 4.78 is 1.82. The second-order valence-electron chi connectivity index (χ2n) is 9.62. The van der Waals surface area contributed by atoms with Crippen molar-refractivity contribution >= 4 is 0 Å². The van der Waals surface area contributed by atoms with Crippen LogP contribution in [-0.4, -0.2) is 61.2 Å². The summed E-state index contributed by atoms with van der Waals surface area (Å²) in [5, 5.41) is 0. The van der Waals surface area contributed by atoms with E-state index in [1.165, 1.54) is 28.3 Å². The smallest absolute Gasteiger partial charge is 0.119 e. The van der Waals surface area contributed by atoms with E-state index >= 15 is 0 Å². The number of H-pyrrole nitrogens is 2. The van der Waals surface area contributed by atoms with Crippen molar-refractivity contribution in [3.05, 3.63) is 82.9 Å². The van der Waals surface area contributed by atoms with Gasteiger partial charge in [-0.05, 0) is 29.8 Å². The molecule has 27 heavy (non-hydrogen) atoms. The predicted molar refractivity (Wildman–Crippen MR) is 112 cm³/mol. The Balaban J connectivity index is 1.96. The molecule has 3 rings (SSSR count). The minimum Gasteiger partial charge on any atom is -0.357 e. The summed E-state index contributed by atoms with van der Waals surface area (Å²) in [6, 6.07) is 19.7. The molecule has 2 heterocycles. The van der Waals surface area contributed by atoms with E-state index in [1.807, 2.05) is 0 Å². The monoisotopic (exact) mass is 366 g/mol. The van der Waals surface area contributed by atoms with E-state index in [1.54, 1.807) is 0 Å². The Morgan fingerprint density at radius 3 is 1.48 bits per heavy atom. The molecule has 0 unspecified atom stereocenters. The van der Waals surface area contributed by atoms with Crippen LogP contribution in [0.5, 0.6) is 0 Å². The van der Waals surface area contributed by atoms with Gasteiger partial charge in [-0.25, -0.2) is 0 Å². The van der Waals surface area contributed by atoms with Crippen LogP contribution >= 0.6 is 0 Å². The second kappa shape index (κ2) is 7.37. The highest BCUT2D eigenvalue weighted by atomic mass is 15.3. The van der Waals surface area contributed by atoms with E-state index in [-0.39, 0.29) is 5.92 Å². The van der Waals surface area contributed by atoms with Gasteiger partial charge in [0, 0.05) is 11.4 Å². The van der Waals surface area contributed by atoms with Gasteiger partial charge in [0.15, 0.2) is 0 Å². The first kappa shape index (κ1) is 19.5. The first-order chi connectivity index (χ1) is 12.6. The Hall–Kier alpha value is -2.30. The van der Waals surface area contributed by atoms with Crippen LogP contribution in [-0.2, 0) is 13.1 Å². The van der Waals surface area contributed by atoms with Crippen molar-refractivity contribution in [2.24, 2.45) is 0 Å². The molecule has 0 aliphatic heterocycles. The molecule has 2 aromatic heterocycles. The summed E-state index contributed by atoms with van der Waals surface area (Å²) in [5.74, 6) is 0.189. The molecule has 0 radical (unpaired) electrons. The first-order valence-corrected chi connectivity index (χ1v) is 9.62. The molecule has 4 nitrogen and oxygen atoms in total. The lowest BCUT2D eigenvalue weighted by Crippen LogP contribution is -2.33. The van der Waals surface area contributed by atoms with Crippen LogP contribution in [0.25, 0.3) is 0 Å². The lowest BCUT2D eigenvalue weighted by Gasteiger charge is -2.23. The quantitative estimate of drug-likeness (QED) is 0.594. The lowest BCUT2D eigenvalue weighted by atomic mass is 9.93. The average Bonchev–Trinajstić information content (AvgIpc) is 3.16. The SMILES string of the molecule is C[N+](C)(C)Cc1ccc(C(c2ccccc2)c2ccc(C[N+](C)(C)C)[nH]2)[nH]1. The molecule has 0 spiro atoms. The third-order valence-electron chi connectivity index (χ3n) is 4.58. The number of hydrogen-bond acceptors (Lipinski definition) is 0. The molecule has 2 N–H and O–H groups in total. The van der Waals surface area contributed by atoms with E-state index in [0.29, 0.717) is 0 Å². The second-order valence-corrected chi connectivity index (χ2v) is 9.62. The zero-order chi connectivity index (χ0) is 19.7. The maximum absolute atomic E-state index is 3.68. The molecular weight excluding hydrogens is 332 g/mol. The van der Waals surface area contributed by atoms with Crippen LogP contribution in [0, 0.1) is 0 Å². The van der Waals surface area contributed by atoms with Gasteiger partial charge in [-0.15, -0.1) is 0 Å². The minimum atomic E-state index is 0.189. The lowest BCUT2D eigenvalue weighted by molar-refractivity contribution is -0.884. The third-order valence-corrected chi connectivity index (χ3v) is 4.58. The van der Waals surface area contributed by atoms with Crippen LogP contribution < -0.4 is 0 Å². The number of nitrogens with one attached hydrogen (secondary N) is 2. The van der Waals surface area contributed by atoms with Gasteiger partial charge < -0.3 is 18.9 Å². The number of nitrogens with zero attached hydrogens (tertiary/aromatic N) is 2. The highest BCUT2D eigenvalue weighted by molar-refractivity contribution is 5.39. The van der Waals surface area contributed by atoms with E-state index < -0.39 is 0 Å². The zero-order valence-electron chi connectivity index (χ0n) is 17.6. The predicted octanol–water partition coefficient (Wildman–Crippen LogP) is 3.94. The number of quaternary nitrogens is 2. The maximum atomic E-state index is 3.68. The van der Waals surface area contributed by atoms with Crippen molar-refractivity contribution in [2.75, 3.05) is 42.3 Å². The minimum absolute atomic E-state index is 0.189. The molecule has 0 atom stereocenters. The Bertz CT molecular complexity index is 805. The Morgan fingerprint density at radius 2 is 1.07 bits per heavy atom. The molecule has 0 saturated heterocycles. The highest BCUT2D eigenvalue weighted by Crippen LogP contribution is 2.31. The van der Waals surface area contributed by atoms with Crippen LogP contribution in [0.15, 0.2) is 54.6 Å². The highest BCUT2D eigenvalue weighted by Gasteiger charge is 2.22. The van der Waals surface area contributed by atoms with Gasteiger partial charge in [0.1, 0.15) is 13.1 Å². The standard InChI is InChI=1S/C23H34N4/c1-26(2,3)16-19-12-14-21(24-19)23(18-10-8-7-9-11-18)22-15-13-20(25-22)17-27(4,5)6/h7-15,23-25H,16-17H2,1-6H3/q+2. The van der Waals surface area contributed by atoms with Gasteiger partial charge in [0.05, 0.1) is 59.6 Å². The van der Waals surface area contributed by atoms with E-state index in [0.717, 1.165) is 22.1 Å². The fourth-order valence-corrected chi connectivity index (χ4v) is 3.63. The molecule has 0 saturated carbocycles. The number of hydrogen-bond donors (Lipinski definition) is 2. The van der Waals surface area contributed by atoms with Crippen LogP contribution in [0.2, 0.25) is 0 Å². The molecular formula is C23H34N4+2. The molecule has 0 aliphatic carbocycles. The van der Waals surface area contributed by atoms with Gasteiger partial charge >= 0.3 is 0 Å². The van der Waals surface area contributed by atoms with E-state index in [9.17, 15) is 0 Å². The zero-order valence-corrected chi connectivity index (χ0v) is 17.6. The van der Waals surface area contributed by atoms with Gasteiger partial charge in [-0.2, -0.15) is 0 Å². The largest absolute Gasteiger partial charge is 0.357 e. The molecule has 0 amide bonds.